The van der Waals surface area contributed by atoms with Crippen molar-refractivity contribution in [2.75, 3.05) is 13.2 Å². The Kier molecular flexibility index (Phi) is 35.8. The molecule has 0 spiro atoms. The summed E-state index contributed by atoms with van der Waals surface area (Å²) in [7, 11) is 0. The lowest BCUT2D eigenvalue weighted by Crippen LogP contribution is -2.17. The van der Waals surface area contributed by atoms with E-state index in [-0.39, 0.29) is 11.9 Å². The molecule has 4 nitrogen and oxygen atoms in total. The number of hydrogen-bond acceptors (Lipinski definition) is 4. The van der Waals surface area contributed by atoms with Gasteiger partial charge in [-0.05, 0) is 31.9 Å². The van der Waals surface area contributed by atoms with Gasteiger partial charge in [-0.25, -0.2) is 4.79 Å². The van der Waals surface area contributed by atoms with Gasteiger partial charge >= 0.3 is 5.97 Å². The molecule has 1 rings (SSSR count). The van der Waals surface area contributed by atoms with Crippen LogP contribution in [0.3, 0.4) is 0 Å². The number of ether oxygens (including phenoxy) is 2. The van der Waals surface area contributed by atoms with Crippen LogP contribution in [0.4, 0.5) is 0 Å². The van der Waals surface area contributed by atoms with Crippen LogP contribution in [0.25, 0.3) is 0 Å². The number of carbonyl (C=O) groups is 2. The molecular weight excluding hydrogens is 364 g/mol. The van der Waals surface area contributed by atoms with E-state index in [0.717, 1.165) is 18.6 Å². The van der Waals surface area contributed by atoms with Gasteiger partial charge in [0.1, 0.15) is 12.5 Å². The summed E-state index contributed by atoms with van der Waals surface area (Å²) in [6, 6.07) is 0. The summed E-state index contributed by atoms with van der Waals surface area (Å²) < 4.78 is 10.9. The SMILES string of the molecule is C=C/C=C\C(=C/C)OCC(C)COC(=O)C1=CCCC=C1.C=O.CC.CC.CC. The number of hydrogen-bond donors (Lipinski definition) is 0. The Hall–Kier alpha value is -2.36. The molecule has 0 aliphatic heterocycles. The van der Waals surface area contributed by atoms with Crippen LogP contribution < -0.4 is 0 Å². The average Bonchev–Trinajstić information content (AvgIpc) is 2.83. The van der Waals surface area contributed by atoms with Gasteiger partial charge in [0.05, 0.1) is 18.8 Å². The van der Waals surface area contributed by atoms with E-state index >= 15 is 0 Å². The van der Waals surface area contributed by atoms with Crippen LogP contribution in [0.1, 0.15) is 68.2 Å². The summed E-state index contributed by atoms with van der Waals surface area (Å²) in [6.45, 7) is 22.4. The van der Waals surface area contributed by atoms with Gasteiger partial charge in [-0.2, -0.15) is 0 Å². The van der Waals surface area contributed by atoms with Gasteiger partial charge in [-0.1, -0.05) is 85.4 Å². The molecule has 0 aromatic rings. The molecular formula is C25H44O4. The second-order valence-electron chi connectivity index (χ2n) is 4.94. The average molecular weight is 409 g/mol. The fourth-order valence-corrected chi connectivity index (χ4v) is 1.74. The maximum Gasteiger partial charge on any atom is 0.337 e. The van der Waals surface area contributed by atoms with E-state index in [1.165, 1.54) is 0 Å². The molecule has 4 heteroatoms. The van der Waals surface area contributed by atoms with Crippen molar-refractivity contribution in [3.8, 4) is 0 Å². The molecule has 168 valence electrons. The van der Waals surface area contributed by atoms with Crippen molar-refractivity contribution >= 4 is 12.8 Å². The van der Waals surface area contributed by atoms with Crippen molar-refractivity contribution in [1.29, 1.82) is 0 Å². The topological polar surface area (TPSA) is 52.6 Å². The summed E-state index contributed by atoms with van der Waals surface area (Å²) in [6.07, 6.45) is 14.9. The van der Waals surface area contributed by atoms with Crippen LogP contribution in [-0.2, 0) is 19.1 Å². The largest absolute Gasteiger partial charge is 0.494 e. The molecule has 0 radical (unpaired) electrons. The summed E-state index contributed by atoms with van der Waals surface area (Å²) in [5.74, 6) is 0.663. The number of allylic oxidation sites excluding steroid dienone is 6. The minimum Gasteiger partial charge on any atom is -0.494 e. The first kappa shape index (κ1) is 34.2. The predicted molar refractivity (Wildman–Crippen MR) is 127 cm³/mol. The third-order valence-corrected chi connectivity index (χ3v) is 2.95. The van der Waals surface area contributed by atoms with Gasteiger partial charge in [-0.3, -0.25) is 0 Å². The minimum absolute atomic E-state index is 0.134. The van der Waals surface area contributed by atoms with Gasteiger partial charge in [-0.15, -0.1) is 0 Å². The molecule has 0 saturated heterocycles. The Morgan fingerprint density at radius 2 is 1.62 bits per heavy atom. The van der Waals surface area contributed by atoms with Crippen LogP contribution in [0, 0.1) is 5.92 Å². The molecule has 29 heavy (non-hydrogen) atoms. The van der Waals surface area contributed by atoms with Crippen molar-refractivity contribution in [3.05, 3.63) is 60.4 Å². The molecule has 0 aromatic carbocycles. The van der Waals surface area contributed by atoms with E-state index in [2.05, 4.69) is 6.58 Å². The lowest BCUT2D eigenvalue weighted by Gasteiger charge is -2.14. The van der Waals surface area contributed by atoms with E-state index in [9.17, 15) is 4.79 Å². The zero-order valence-electron chi connectivity index (χ0n) is 20.0. The quantitative estimate of drug-likeness (QED) is 0.246. The molecule has 1 atom stereocenters. The van der Waals surface area contributed by atoms with E-state index in [1.807, 2.05) is 98.6 Å². The summed E-state index contributed by atoms with van der Waals surface area (Å²) >= 11 is 0. The lowest BCUT2D eigenvalue weighted by molar-refractivity contribution is -0.140. The molecule has 0 heterocycles. The molecule has 0 bridgehead atoms. The highest BCUT2D eigenvalue weighted by atomic mass is 16.5. The molecule has 0 saturated carbocycles. The molecule has 1 aliphatic carbocycles. The highest BCUT2D eigenvalue weighted by Crippen LogP contribution is 2.12. The second-order valence-corrected chi connectivity index (χ2v) is 4.94. The predicted octanol–water partition coefficient (Wildman–Crippen LogP) is 7.00. The van der Waals surface area contributed by atoms with Crippen molar-refractivity contribution in [2.24, 2.45) is 5.92 Å². The zero-order valence-corrected chi connectivity index (χ0v) is 20.0. The second kappa shape index (κ2) is 30.4. The van der Waals surface area contributed by atoms with Gasteiger partial charge in [0, 0.05) is 5.92 Å². The summed E-state index contributed by atoms with van der Waals surface area (Å²) in [4.78, 5) is 19.8. The Bertz CT molecular complexity index is 485. The standard InChI is InChI=1S/C18H24O3.3C2H6.CH2O/c1-4-6-12-17(5-2)20-13-15(3)14-21-18(19)16-10-8-7-9-11-16;4*1-2/h4-6,8,10-12,15H,1,7,9,13-14H2,2-3H3;3*1-2H3;1H2/b12-6-,17-5+;;;;. The van der Waals surface area contributed by atoms with Crippen molar-refractivity contribution in [2.45, 2.75) is 68.2 Å². The number of carbonyl (C=O) groups excluding carboxylic acids is 2. The van der Waals surface area contributed by atoms with Gasteiger partial charge in [0.15, 0.2) is 0 Å². The van der Waals surface area contributed by atoms with E-state index in [1.54, 1.807) is 6.08 Å². The Morgan fingerprint density at radius 3 is 2.07 bits per heavy atom. The van der Waals surface area contributed by atoms with Crippen molar-refractivity contribution < 1.29 is 19.1 Å². The monoisotopic (exact) mass is 408 g/mol. The summed E-state index contributed by atoms with van der Waals surface area (Å²) in [5, 5.41) is 0. The molecule has 1 aliphatic rings. The van der Waals surface area contributed by atoms with Crippen LogP contribution >= 0.6 is 0 Å². The first-order valence-electron chi connectivity index (χ1n) is 10.6. The molecule has 0 aromatic heterocycles. The number of esters is 1. The Balaban J connectivity index is -0.000000347. The fraction of sp³-hybridized carbons (Fsp3) is 0.520. The minimum atomic E-state index is -0.254. The first-order chi connectivity index (χ1) is 14.2. The molecule has 0 N–H and O–H groups in total. The van der Waals surface area contributed by atoms with Crippen LogP contribution in [0.2, 0.25) is 0 Å². The highest BCUT2D eigenvalue weighted by molar-refractivity contribution is 5.91. The van der Waals surface area contributed by atoms with Crippen LogP contribution in [-0.4, -0.2) is 26.0 Å². The first-order valence-corrected chi connectivity index (χ1v) is 10.6. The van der Waals surface area contributed by atoms with Crippen LogP contribution in [0.15, 0.2) is 60.4 Å². The van der Waals surface area contributed by atoms with Crippen molar-refractivity contribution in [1.82, 2.24) is 0 Å². The fourth-order valence-electron chi connectivity index (χ4n) is 1.74. The zero-order chi connectivity index (χ0) is 23.5. The maximum absolute atomic E-state index is 11.8. The van der Waals surface area contributed by atoms with E-state index in [0.29, 0.717) is 18.8 Å². The molecule has 0 fully saturated rings. The maximum atomic E-state index is 11.8. The lowest BCUT2D eigenvalue weighted by atomic mass is 10.1. The molecule has 0 amide bonds. The highest BCUT2D eigenvalue weighted by Gasteiger charge is 2.12. The van der Waals surface area contributed by atoms with Crippen LogP contribution in [0.5, 0.6) is 0 Å². The normalized spacial score (nSPS) is 12.7. The number of rotatable bonds is 8. The Morgan fingerprint density at radius 1 is 1.07 bits per heavy atom. The van der Waals surface area contributed by atoms with Gasteiger partial charge < -0.3 is 14.3 Å². The third kappa shape index (κ3) is 21.8. The van der Waals surface area contributed by atoms with Gasteiger partial charge in [0.2, 0.25) is 0 Å². The molecule has 1 unspecified atom stereocenters. The van der Waals surface area contributed by atoms with Gasteiger partial charge in [0.25, 0.3) is 0 Å². The Labute approximate surface area is 180 Å². The summed E-state index contributed by atoms with van der Waals surface area (Å²) in [5.41, 5.74) is 0.650. The third-order valence-electron chi connectivity index (χ3n) is 2.95. The van der Waals surface area contributed by atoms with Crippen molar-refractivity contribution in [3.63, 3.8) is 0 Å². The smallest absolute Gasteiger partial charge is 0.337 e. The van der Waals surface area contributed by atoms with E-state index < -0.39 is 0 Å². The van der Waals surface area contributed by atoms with E-state index in [4.69, 9.17) is 14.3 Å².